The van der Waals surface area contributed by atoms with Gasteiger partial charge in [-0.3, -0.25) is 19.0 Å². The third kappa shape index (κ3) is 6.50. The van der Waals surface area contributed by atoms with Crippen molar-refractivity contribution in [3.8, 4) is 0 Å². The molecule has 32 heavy (non-hydrogen) atoms. The van der Waals surface area contributed by atoms with Crippen molar-refractivity contribution in [1.29, 1.82) is 0 Å². The highest BCUT2D eigenvalue weighted by atomic mass is 31.3. The van der Waals surface area contributed by atoms with Crippen LogP contribution in [0.1, 0.15) is 6.42 Å². The number of ketones is 1. The van der Waals surface area contributed by atoms with Gasteiger partial charge in [0.1, 0.15) is 6.10 Å². The molecule has 0 aromatic rings. The lowest BCUT2D eigenvalue weighted by Gasteiger charge is -2.30. The van der Waals surface area contributed by atoms with E-state index in [2.05, 4.69) is 23.2 Å². The number of aliphatic hydroxyl groups is 1. The predicted molar refractivity (Wildman–Crippen MR) is 93.1 cm³/mol. The van der Waals surface area contributed by atoms with Crippen molar-refractivity contribution >= 4 is 35.2 Å². The number of halogens is 1. The Kier molecular flexibility index (Phi) is 7.81. The minimum atomic E-state index is -5.89. The van der Waals surface area contributed by atoms with Gasteiger partial charge in [-0.2, -0.15) is 8.62 Å². The highest BCUT2D eigenvalue weighted by Crippen LogP contribution is 2.66. The molecular formula is C10H14FN4O14P3. The van der Waals surface area contributed by atoms with Crippen LogP contribution in [0.5, 0.6) is 0 Å². The number of hydrogen-bond acceptors (Lipinski definition) is 11. The summed E-state index contributed by atoms with van der Waals surface area (Å²) >= 11 is 0. The number of hydrogen-bond donors (Lipinski definition) is 5. The van der Waals surface area contributed by atoms with Gasteiger partial charge in [0.25, 0.3) is 0 Å². The molecule has 180 valence electrons. The van der Waals surface area contributed by atoms with E-state index in [4.69, 9.17) is 24.9 Å². The van der Waals surface area contributed by atoms with Gasteiger partial charge in [-0.05, 0) is 11.6 Å². The molecule has 2 heterocycles. The first kappa shape index (κ1) is 26.7. The van der Waals surface area contributed by atoms with E-state index in [0.717, 1.165) is 12.3 Å². The molecule has 1 saturated heterocycles. The first-order valence-electron chi connectivity index (χ1n) is 7.88. The number of phosphoric ester groups is 1. The van der Waals surface area contributed by atoms with Crippen LogP contribution in [0, 0.1) is 0 Å². The van der Waals surface area contributed by atoms with Crippen molar-refractivity contribution in [3.05, 3.63) is 22.7 Å². The van der Waals surface area contributed by atoms with Crippen LogP contribution >= 0.6 is 23.5 Å². The first-order chi connectivity index (χ1) is 14.5. The third-order valence-corrected chi connectivity index (χ3v) is 7.52. The highest BCUT2D eigenvalue weighted by molar-refractivity contribution is 7.66. The topological polar surface area (TPSA) is 275 Å². The van der Waals surface area contributed by atoms with E-state index in [1.54, 1.807) is 0 Å². The van der Waals surface area contributed by atoms with Gasteiger partial charge < -0.3 is 29.4 Å². The van der Waals surface area contributed by atoms with Gasteiger partial charge in [-0.15, -0.1) is 0 Å². The normalized spacial score (nSPS) is 32.3. The van der Waals surface area contributed by atoms with Crippen LogP contribution in [0.4, 0.5) is 4.39 Å². The van der Waals surface area contributed by atoms with Gasteiger partial charge in [0, 0.05) is 11.1 Å². The second-order valence-corrected chi connectivity index (χ2v) is 10.5. The fourth-order valence-electron chi connectivity index (χ4n) is 2.52. The average Bonchev–Trinajstić information content (AvgIpc) is 2.83. The lowest BCUT2D eigenvalue weighted by molar-refractivity contribution is -0.158. The summed E-state index contributed by atoms with van der Waals surface area (Å²) in [6.45, 7) is -1.52. The zero-order valence-corrected chi connectivity index (χ0v) is 17.9. The SMILES string of the molecule is [N-]=[N+]=N[C@]1(COP(=O)(O)OP(=O)(O)OP(=O)(O)O)O[C@@H](N2C=CC(=O)CC2=O)[C@H](F)[C@@H]1O. The molecule has 0 aliphatic carbocycles. The second-order valence-electron chi connectivity index (χ2n) is 6.06. The van der Waals surface area contributed by atoms with Crippen LogP contribution < -0.4 is 0 Å². The molecule has 22 heteroatoms. The summed E-state index contributed by atoms with van der Waals surface area (Å²) in [6.07, 6.45) is -5.89. The molecule has 1 fully saturated rings. The van der Waals surface area contributed by atoms with E-state index in [-0.39, 0.29) is 0 Å². The van der Waals surface area contributed by atoms with Crippen molar-refractivity contribution in [1.82, 2.24) is 4.90 Å². The molecule has 2 aliphatic rings. The zero-order chi connectivity index (χ0) is 24.5. The Bertz CT molecular complexity index is 1010. The predicted octanol–water partition coefficient (Wildman–Crippen LogP) is -0.293. The Hall–Kier alpha value is -1.55. The molecule has 6 atom stereocenters. The van der Waals surface area contributed by atoms with E-state index >= 15 is 0 Å². The molecular weight excluding hydrogens is 512 g/mol. The van der Waals surface area contributed by atoms with Crippen LogP contribution in [-0.2, 0) is 41.2 Å². The third-order valence-electron chi connectivity index (χ3n) is 3.73. The van der Waals surface area contributed by atoms with E-state index < -0.39 is 72.4 Å². The number of phosphoric acid groups is 3. The Labute approximate surface area is 176 Å². The summed E-state index contributed by atoms with van der Waals surface area (Å²) in [5.74, 6) is -1.57. The molecule has 0 radical (unpaired) electrons. The van der Waals surface area contributed by atoms with Crippen LogP contribution in [0.15, 0.2) is 17.4 Å². The molecule has 0 aromatic carbocycles. The Morgan fingerprint density at radius 1 is 1.25 bits per heavy atom. The lowest BCUT2D eigenvalue weighted by Crippen LogP contribution is -2.44. The maximum absolute atomic E-state index is 14.7. The molecule has 5 N–H and O–H groups in total. The number of nitrogens with zero attached hydrogens (tertiary/aromatic N) is 4. The summed E-state index contributed by atoms with van der Waals surface area (Å²) in [7, 11) is -17.3. The highest BCUT2D eigenvalue weighted by Gasteiger charge is 2.59. The lowest BCUT2D eigenvalue weighted by atomic mass is 10.1. The monoisotopic (exact) mass is 526 g/mol. The van der Waals surface area contributed by atoms with Crippen LogP contribution in [0.25, 0.3) is 10.4 Å². The standard InChI is InChI=1S/C10H14FN4O14P3/c11-7-8(18)10(13-14-12,27-9(7)15-2-1-5(16)3-6(15)17)4-26-31(22,23)29-32(24,25)28-30(19,20)21/h1-2,7-9,18H,3-4H2,(H,22,23)(H,24,25)(H2,19,20,21)/t7-,8+,9-,10-/m1/s1. The average molecular weight is 526 g/mol. The van der Waals surface area contributed by atoms with Crippen molar-refractivity contribution in [2.75, 3.05) is 6.61 Å². The maximum atomic E-state index is 14.7. The van der Waals surface area contributed by atoms with Crippen molar-refractivity contribution in [3.63, 3.8) is 0 Å². The zero-order valence-electron chi connectivity index (χ0n) is 15.2. The molecule has 2 rings (SSSR count). The van der Waals surface area contributed by atoms with Gasteiger partial charge in [-0.1, -0.05) is 5.11 Å². The molecule has 0 bridgehead atoms. The van der Waals surface area contributed by atoms with Crippen molar-refractivity contribution < 1.29 is 70.2 Å². The Morgan fingerprint density at radius 3 is 2.41 bits per heavy atom. The minimum Gasteiger partial charge on any atom is -0.387 e. The number of carbonyl (C=O) groups is 2. The van der Waals surface area contributed by atoms with Crippen molar-refractivity contribution in [2.45, 2.75) is 30.6 Å². The Balaban J connectivity index is 2.22. The molecule has 1 amide bonds. The molecule has 0 aromatic heterocycles. The number of aliphatic hydroxyl groups excluding tert-OH is 1. The fraction of sp³-hybridized carbons (Fsp3) is 0.600. The van der Waals surface area contributed by atoms with E-state index in [1.807, 2.05) is 0 Å². The van der Waals surface area contributed by atoms with Gasteiger partial charge in [0.15, 0.2) is 18.2 Å². The van der Waals surface area contributed by atoms with Crippen LogP contribution in [0.2, 0.25) is 0 Å². The summed E-state index contributed by atoms with van der Waals surface area (Å²) in [5, 5.41) is 13.1. The van der Waals surface area contributed by atoms with E-state index in [9.17, 15) is 37.7 Å². The van der Waals surface area contributed by atoms with Gasteiger partial charge >= 0.3 is 23.5 Å². The quantitative estimate of drug-likeness (QED) is 0.0849. The first-order valence-corrected chi connectivity index (χ1v) is 12.4. The molecule has 2 unspecified atom stereocenters. The number of allylic oxidation sites excluding steroid dienone is 1. The van der Waals surface area contributed by atoms with E-state index in [1.165, 1.54) is 0 Å². The van der Waals surface area contributed by atoms with Crippen LogP contribution in [0.3, 0.4) is 0 Å². The number of alkyl halides is 1. The maximum Gasteiger partial charge on any atom is 0.490 e. The molecule has 18 nitrogen and oxygen atoms in total. The van der Waals surface area contributed by atoms with Crippen molar-refractivity contribution in [2.24, 2.45) is 5.11 Å². The van der Waals surface area contributed by atoms with Gasteiger partial charge in [-0.25, -0.2) is 18.1 Å². The van der Waals surface area contributed by atoms with Gasteiger partial charge in [0.05, 0.1) is 13.0 Å². The Morgan fingerprint density at radius 2 is 1.88 bits per heavy atom. The van der Waals surface area contributed by atoms with Crippen LogP contribution in [-0.4, -0.2) is 72.1 Å². The number of rotatable bonds is 9. The molecule has 2 aliphatic heterocycles. The fourth-order valence-corrected chi connectivity index (χ4v) is 5.56. The smallest absolute Gasteiger partial charge is 0.387 e. The summed E-state index contributed by atoms with van der Waals surface area (Å²) < 4.78 is 64.7. The van der Waals surface area contributed by atoms with E-state index in [0.29, 0.717) is 4.90 Å². The summed E-state index contributed by atoms with van der Waals surface area (Å²) in [4.78, 5) is 61.6. The summed E-state index contributed by atoms with van der Waals surface area (Å²) in [6, 6.07) is 0. The number of amides is 1. The molecule has 0 saturated carbocycles. The molecule has 0 spiro atoms. The minimum absolute atomic E-state index is 0.550. The largest absolute Gasteiger partial charge is 0.490 e. The number of azide groups is 1. The summed E-state index contributed by atoms with van der Waals surface area (Å²) in [5.41, 5.74) is 5.89. The van der Waals surface area contributed by atoms with Gasteiger partial charge in [0.2, 0.25) is 11.6 Å². The second kappa shape index (κ2) is 9.37. The number of ether oxygens (including phenoxy) is 1. The number of carbonyl (C=O) groups excluding carboxylic acids is 2.